The molecule has 0 aliphatic rings. The van der Waals surface area contributed by atoms with Gasteiger partial charge in [0.25, 0.3) is 0 Å². The van der Waals surface area contributed by atoms with Gasteiger partial charge in [0, 0.05) is 30.6 Å². The first kappa shape index (κ1) is 20.8. The van der Waals surface area contributed by atoms with E-state index in [0.717, 1.165) is 16.0 Å². The van der Waals surface area contributed by atoms with Crippen molar-refractivity contribution in [1.82, 2.24) is 5.32 Å². The van der Waals surface area contributed by atoms with Crippen molar-refractivity contribution in [3.63, 3.8) is 0 Å². The zero-order valence-electron chi connectivity index (χ0n) is 16.1. The molecule has 6 heteroatoms. The van der Waals surface area contributed by atoms with Gasteiger partial charge in [-0.1, -0.05) is 59.8 Å². The smallest absolute Gasteiger partial charge is 0.304 e. The first-order chi connectivity index (χ1) is 14.2. The van der Waals surface area contributed by atoms with Crippen LogP contribution in [-0.4, -0.2) is 23.8 Å². The van der Waals surface area contributed by atoms with E-state index in [1.54, 1.807) is 17.6 Å². The number of thiophene rings is 1. The number of hydrogen-bond donors (Lipinski definition) is 2. The quantitative estimate of drug-likeness (QED) is 0.273. The Bertz CT molecular complexity index is 921. The molecule has 1 heterocycles. The van der Waals surface area contributed by atoms with E-state index in [1.807, 2.05) is 42.5 Å². The minimum Gasteiger partial charge on any atom is -0.481 e. The van der Waals surface area contributed by atoms with E-state index < -0.39 is 5.97 Å². The first-order valence-electron chi connectivity index (χ1n) is 9.47. The predicted octanol–water partition coefficient (Wildman–Crippen LogP) is 4.72. The topological polar surface area (TPSA) is 70.9 Å². The zero-order valence-corrected chi connectivity index (χ0v) is 16.9. The van der Waals surface area contributed by atoms with Gasteiger partial charge in [0.15, 0.2) is 6.61 Å². The Hall–Kier alpha value is -2.96. The molecular weight excluding hydrogens is 384 g/mol. The minimum atomic E-state index is -0.787. The lowest BCUT2D eigenvalue weighted by Crippen LogP contribution is -2.17. The van der Waals surface area contributed by atoms with Gasteiger partial charge in [0.1, 0.15) is 0 Å². The molecule has 0 bridgehead atoms. The summed E-state index contributed by atoms with van der Waals surface area (Å²) < 4.78 is 0. The van der Waals surface area contributed by atoms with Crippen LogP contribution in [0.4, 0.5) is 0 Å². The molecule has 5 nitrogen and oxygen atoms in total. The van der Waals surface area contributed by atoms with Crippen molar-refractivity contribution < 1.29 is 14.7 Å². The van der Waals surface area contributed by atoms with Crippen LogP contribution in [0.2, 0.25) is 0 Å². The zero-order chi connectivity index (χ0) is 20.3. The highest BCUT2D eigenvalue weighted by molar-refractivity contribution is 7.10. The molecule has 0 aliphatic carbocycles. The van der Waals surface area contributed by atoms with Gasteiger partial charge < -0.3 is 15.3 Å². The van der Waals surface area contributed by atoms with Gasteiger partial charge in [0.05, 0.1) is 6.42 Å². The molecule has 3 aromatic rings. The number of carboxylic acids is 1. The van der Waals surface area contributed by atoms with Crippen molar-refractivity contribution >= 4 is 23.5 Å². The second-order valence-corrected chi connectivity index (χ2v) is 7.57. The number of carbonyl (C=O) groups is 1. The van der Waals surface area contributed by atoms with Crippen LogP contribution in [0, 0.1) is 0 Å². The van der Waals surface area contributed by atoms with Gasteiger partial charge in [0.2, 0.25) is 0 Å². The van der Waals surface area contributed by atoms with Gasteiger partial charge in [-0.25, -0.2) is 0 Å². The summed E-state index contributed by atoms with van der Waals surface area (Å²) in [6.45, 7) is 1.60. The maximum Gasteiger partial charge on any atom is 0.304 e. The van der Waals surface area contributed by atoms with E-state index in [9.17, 15) is 4.79 Å². The molecule has 2 N–H and O–H groups in total. The monoisotopic (exact) mass is 408 g/mol. The summed E-state index contributed by atoms with van der Waals surface area (Å²) in [7, 11) is 0. The number of nitrogens with zero attached hydrogens (tertiary/aromatic N) is 1. The Morgan fingerprint density at radius 2 is 1.83 bits per heavy atom. The Balaban J connectivity index is 1.37. The Morgan fingerprint density at radius 3 is 2.59 bits per heavy atom. The van der Waals surface area contributed by atoms with Gasteiger partial charge in [-0.05, 0) is 33.7 Å². The van der Waals surface area contributed by atoms with Crippen LogP contribution < -0.4 is 5.32 Å². The summed E-state index contributed by atoms with van der Waals surface area (Å²) in [5, 5.41) is 17.9. The van der Waals surface area contributed by atoms with Crippen molar-refractivity contribution in [2.45, 2.75) is 26.0 Å². The van der Waals surface area contributed by atoms with Gasteiger partial charge in [-0.3, -0.25) is 4.79 Å². The lowest BCUT2D eigenvalue weighted by Gasteiger charge is -2.04. The number of oxime groups is 1. The SMILES string of the molecule is O=C(O)CCNCc1ccc(CC=NOCc2cc(-c3ccccc3)cs2)cc1. The number of rotatable bonds is 11. The van der Waals surface area contributed by atoms with Crippen LogP contribution in [0.3, 0.4) is 0 Å². The van der Waals surface area contributed by atoms with Gasteiger partial charge in [-0.2, -0.15) is 0 Å². The van der Waals surface area contributed by atoms with E-state index in [2.05, 4.69) is 34.1 Å². The molecular formula is C23H24N2O3S. The highest BCUT2D eigenvalue weighted by Crippen LogP contribution is 2.25. The first-order valence-corrected chi connectivity index (χ1v) is 10.4. The Kier molecular flexibility index (Phi) is 7.98. The summed E-state index contributed by atoms with van der Waals surface area (Å²) in [5.41, 5.74) is 4.68. The Morgan fingerprint density at radius 1 is 1.07 bits per heavy atom. The van der Waals surface area contributed by atoms with E-state index in [0.29, 0.717) is 26.1 Å². The van der Waals surface area contributed by atoms with Gasteiger partial charge in [-0.15, -0.1) is 11.3 Å². The summed E-state index contributed by atoms with van der Waals surface area (Å²) in [6, 6.07) is 20.6. The fraction of sp³-hybridized carbons (Fsp3) is 0.217. The fourth-order valence-corrected chi connectivity index (χ4v) is 3.55. The van der Waals surface area contributed by atoms with Crippen LogP contribution in [0.5, 0.6) is 0 Å². The lowest BCUT2D eigenvalue weighted by molar-refractivity contribution is -0.136. The van der Waals surface area contributed by atoms with Crippen LogP contribution in [0.15, 0.2) is 71.2 Å². The summed E-state index contributed by atoms with van der Waals surface area (Å²) in [5.74, 6) is -0.787. The number of nitrogens with one attached hydrogen (secondary N) is 1. The standard InChI is InChI=1S/C23H24N2O3S/c26-23(27)11-12-24-15-19-8-6-18(7-9-19)10-13-25-28-16-22-14-21(17-29-22)20-4-2-1-3-5-20/h1-9,13-14,17,24H,10-12,15-16H2,(H,26,27). The number of benzene rings is 2. The predicted molar refractivity (Wildman–Crippen MR) is 117 cm³/mol. The third-order valence-electron chi connectivity index (χ3n) is 4.31. The highest BCUT2D eigenvalue weighted by Gasteiger charge is 2.02. The van der Waals surface area contributed by atoms with Crippen molar-refractivity contribution in [3.05, 3.63) is 82.0 Å². The molecule has 0 saturated heterocycles. The van der Waals surface area contributed by atoms with E-state index >= 15 is 0 Å². The highest BCUT2D eigenvalue weighted by atomic mass is 32.1. The third-order valence-corrected chi connectivity index (χ3v) is 5.22. The molecule has 0 amide bonds. The molecule has 0 spiro atoms. The fourth-order valence-electron chi connectivity index (χ4n) is 2.76. The molecule has 29 heavy (non-hydrogen) atoms. The number of hydrogen-bond acceptors (Lipinski definition) is 5. The molecule has 0 atom stereocenters. The summed E-state index contributed by atoms with van der Waals surface area (Å²) in [6.07, 6.45) is 2.60. The molecule has 0 aliphatic heterocycles. The molecule has 2 aromatic carbocycles. The van der Waals surface area contributed by atoms with Crippen molar-refractivity contribution in [2.75, 3.05) is 6.54 Å². The number of aliphatic carboxylic acids is 1. The molecule has 0 radical (unpaired) electrons. The van der Waals surface area contributed by atoms with Crippen molar-refractivity contribution in [2.24, 2.45) is 5.16 Å². The maximum absolute atomic E-state index is 10.5. The molecule has 1 aromatic heterocycles. The number of carboxylic acid groups (broad SMARTS) is 1. The summed E-state index contributed by atoms with van der Waals surface area (Å²) >= 11 is 1.67. The molecule has 0 fully saturated rings. The van der Waals surface area contributed by atoms with E-state index in [4.69, 9.17) is 9.94 Å². The largest absolute Gasteiger partial charge is 0.481 e. The minimum absolute atomic E-state index is 0.133. The van der Waals surface area contributed by atoms with Crippen LogP contribution in [0.1, 0.15) is 22.4 Å². The normalized spacial score (nSPS) is 11.0. The maximum atomic E-state index is 10.5. The van der Waals surface area contributed by atoms with Gasteiger partial charge >= 0.3 is 5.97 Å². The van der Waals surface area contributed by atoms with Crippen LogP contribution in [0.25, 0.3) is 11.1 Å². The second kappa shape index (κ2) is 11.1. The van der Waals surface area contributed by atoms with Crippen LogP contribution >= 0.6 is 11.3 Å². The average Bonchev–Trinajstić information content (AvgIpc) is 3.21. The average molecular weight is 409 g/mol. The van der Waals surface area contributed by atoms with E-state index in [-0.39, 0.29) is 6.42 Å². The molecule has 150 valence electrons. The summed E-state index contributed by atoms with van der Waals surface area (Å²) in [4.78, 5) is 17.0. The van der Waals surface area contributed by atoms with Crippen LogP contribution in [-0.2, 0) is 29.2 Å². The molecule has 0 unspecified atom stereocenters. The Labute approximate surface area is 174 Å². The van der Waals surface area contributed by atoms with E-state index in [1.165, 1.54) is 11.1 Å². The molecule has 3 rings (SSSR count). The van der Waals surface area contributed by atoms with Crippen molar-refractivity contribution in [1.29, 1.82) is 0 Å². The third kappa shape index (κ3) is 7.18. The van der Waals surface area contributed by atoms with Crippen molar-refractivity contribution in [3.8, 4) is 11.1 Å². The molecule has 0 saturated carbocycles. The second-order valence-electron chi connectivity index (χ2n) is 6.57. The lowest BCUT2D eigenvalue weighted by atomic mass is 10.1.